The molecule has 1 aromatic rings. The minimum atomic E-state index is -3.46. The van der Waals surface area contributed by atoms with Gasteiger partial charge >= 0.3 is 5.97 Å². The van der Waals surface area contributed by atoms with E-state index in [4.69, 9.17) is 5.11 Å². The van der Waals surface area contributed by atoms with Crippen LogP contribution in [0.15, 0.2) is 16.3 Å². The lowest BCUT2D eigenvalue weighted by Gasteiger charge is -2.13. The molecule has 0 unspecified atom stereocenters. The van der Waals surface area contributed by atoms with Gasteiger partial charge in [0.2, 0.25) is 5.91 Å². The summed E-state index contributed by atoms with van der Waals surface area (Å²) in [4.78, 5) is 23.0. The Kier molecular flexibility index (Phi) is 5.20. The number of nitrogens with one attached hydrogen (secondary N) is 1. The number of carboxylic acids is 1. The molecule has 0 saturated carbocycles. The molecule has 1 atom stereocenters. The smallest absolute Gasteiger partial charge is 0.325 e. The number of hydrogen-bond donors (Lipinski definition) is 2. The number of hydrogen-bond acceptors (Lipinski definition) is 5. The van der Waals surface area contributed by atoms with Crippen molar-refractivity contribution < 1.29 is 23.1 Å². The fraction of sp³-hybridized carbons (Fsp3) is 0.538. The van der Waals surface area contributed by atoms with Crippen molar-refractivity contribution in [3.05, 3.63) is 17.0 Å². The molecule has 1 fully saturated rings. The van der Waals surface area contributed by atoms with Crippen LogP contribution in [0.4, 0.5) is 0 Å². The van der Waals surface area contributed by atoms with E-state index in [0.717, 1.165) is 24.2 Å². The fourth-order valence-corrected chi connectivity index (χ4v) is 5.19. The lowest BCUT2D eigenvalue weighted by molar-refractivity contribution is -0.141. The summed E-state index contributed by atoms with van der Waals surface area (Å²) in [6.07, 6.45) is 1.71. The molecule has 1 saturated heterocycles. The van der Waals surface area contributed by atoms with Crippen molar-refractivity contribution in [2.75, 3.05) is 13.1 Å². The summed E-state index contributed by atoms with van der Waals surface area (Å²) in [5.41, 5.74) is 0. The number of nitrogens with zero attached hydrogens (tertiary/aromatic N) is 1. The van der Waals surface area contributed by atoms with Crippen LogP contribution in [0.3, 0.4) is 0 Å². The van der Waals surface area contributed by atoms with Crippen molar-refractivity contribution in [3.63, 3.8) is 0 Å². The third-order valence-electron chi connectivity index (χ3n) is 3.38. The first kappa shape index (κ1) is 16.9. The Hall–Kier alpha value is -1.45. The highest BCUT2D eigenvalue weighted by molar-refractivity contribution is 7.91. The predicted octanol–water partition coefficient (Wildman–Crippen LogP) is 0.664. The van der Waals surface area contributed by atoms with Gasteiger partial charge in [-0.2, -0.15) is 4.31 Å². The van der Waals surface area contributed by atoms with Crippen molar-refractivity contribution in [2.24, 2.45) is 0 Å². The van der Waals surface area contributed by atoms with E-state index < -0.39 is 27.9 Å². The lowest BCUT2D eigenvalue weighted by Crippen LogP contribution is -2.39. The van der Waals surface area contributed by atoms with E-state index in [1.54, 1.807) is 6.07 Å². The minimum Gasteiger partial charge on any atom is -0.480 e. The second kappa shape index (κ2) is 6.76. The molecular weight excluding hydrogens is 328 g/mol. The first-order valence-electron chi connectivity index (χ1n) is 6.92. The van der Waals surface area contributed by atoms with Crippen molar-refractivity contribution in [1.29, 1.82) is 0 Å². The molecule has 0 aromatic carbocycles. The highest BCUT2D eigenvalue weighted by atomic mass is 32.2. The average molecular weight is 346 g/mol. The minimum absolute atomic E-state index is 0.0300. The van der Waals surface area contributed by atoms with Crippen LogP contribution in [0.2, 0.25) is 0 Å². The average Bonchev–Trinajstić information content (AvgIpc) is 3.09. The van der Waals surface area contributed by atoms with Crippen molar-refractivity contribution in [2.45, 2.75) is 36.4 Å². The van der Waals surface area contributed by atoms with Crippen LogP contribution in [0, 0.1) is 0 Å². The van der Waals surface area contributed by atoms with E-state index in [1.165, 1.54) is 17.3 Å². The SMILES string of the molecule is C[C@H](NC(=O)Cc1ccc(S(=O)(=O)N2CCCC2)s1)C(=O)O. The Morgan fingerprint density at radius 1 is 1.36 bits per heavy atom. The highest BCUT2D eigenvalue weighted by Crippen LogP contribution is 2.27. The Balaban J connectivity index is 2.02. The van der Waals surface area contributed by atoms with Crippen LogP contribution in [-0.4, -0.2) is 48.8 Å². The number of sulfonamides is 1. The maximum Gasteiger partial charge on any atom is 0.325 e. The summed E-state index contributed by atoms with van der Waals surface area (Å²) >= 11 is 1.05. The van der Waals surface area contributed by atoms with E-state index in [1.807, 2.05) is 0 Å². The molecule has 2 rings (SSSR count). The molecule has 1 aromatic heterocycles. The zero-order valence-corrected chi connectivity index (χ0v) is 13.7. The molecule has 1 aliphatic rings. The Morgan fingerprint density at radius 2 is 2.00 bits per heavy atom. The largest absolute Gasteiger partial charge is 0.480 e. The quantitative estimate of drug-likeness (QED) is 0.788. The summed E-state index contributed by atoms with van der Waals surface area (Å²) in [5.74, 6) is -1.56. The van der Waals surface area contributed by atoms with Gasteiger partial charge in [0.05, 0.1) is 6.42 Å². The normalized spacial score (nSPS) is 17.3. The van der Waals surface area contributed by atoms with E-state index in [-0.39, 0.29) is 10.6 Å². The van der Waals surface area contributed by atoms with Gasteiger partial charge < -0.3 is 10.4 Å². The second-order valence-electron chi connectivity index (χ2n) is 5.14. The van der Waals surface area contributed by atoms with E-state index in [9.17, 15) is 18.0 Å². The molecule has 1 amide bonds. The molecule has 2 N–H and O–H groups in total. The highest BCUT2D eigenvalue weighted by Gasteiger charge is 2.28. The molecule has 0 spiro atoms. The number of aliphatic carboxylic acids is 1. The summed E-state index contributed by atoms with van der Waals surface area (Å²) in [7, 11) is -3.46. The molecule has 22 heavy (non-hydrogen) atoms. The van der Waals surface area contributed by atoms with E-state index in [2.05, 4.69) is 5.32 Å². The van der Waals surface area contributed by atoms with Crippen molar-refractivity contribution in [3.8, 4) is 0 Å². The Labute approximate surface area is 133 Å². The Bertz CT molecular complexity index is 662. The molecule has 2 heterocycles. The molecule has 0 bridgehead atoms. The van der Waals surface area contributed by atoms with Gasteiger partial charge in [0.25, 0.3) is 10.0 Å². The van der Waals surface area contributed by atoms with Crippen LogP contribution in [0.1, 0.15) is 24.6 Å². The fourth-order valence-electron chi connectivity index (χ4n) is 2.16. The molecule has 1 aliphatic heterocycles. The number of carbonyl (C=O) groups excluding carboxylic acids is 1. The van der Waals surface area contributed by atoms with Crippen LogP contribution in [0.25, 0.3) is 0 Å². The summed E-state index contributed by atoms with van der Waals surface area (Å²) in [5, 5.41) is 11.1. The van der Waals surface area contributed by atoms with Gasteiger partial charge in [0, 0.05) is 18.0 Å². The second-order valence-corrected chi connectivity index (χ2v) is 8.47. The molecule has 122 valence electrons. The zero-order valence-electron chi connectivity index (χ0n) is 12.1. The predicted molar refractivity (Wildman–Crippen MR) is 81.3 cm³/mol. The van der Waals surface area contributed by atoms with Crippen LogP contribution >= 0.6 is 11.3 Å². The van der Waals surface area contributed by atoms with Gasteiger partial charge in [-0.1, -0.05) is 0 Å². The van der Waals surface area contributed by atoms with Crippen molar-refractivity contribution >= 4 is 33.2 Å². The maximum absolute atomic E-state index is 12.4. The van der Waals surface area contributed by atoms with Gasteiger partial charge in [0.15, 0.2) is 0 Å². The number of carbonyl (C=O) groups is 2. The molecule has 0 radical (unpaired) electrons. The topological polar surface area (TPSA) is 104 Å². The van der Waals surface area contributed by atoms with E-state index in [0.29, 0.717) is 18.0 Å². The van der Waals surface area contributed by atoms with E-state index >= 15 is 0 Å². The van der Waals surface area contributed by atoms with Gasteiger partial charge in [-0.3, -0.25) is 9.59 Å². The zero-order chi connectivity index (χ0) is 16.3. The lowest BCUT2D eigenvalue weighted by atomic mass is 10.3. The first-order valence-corrected chi connectivity index (χ1v) is 9.17. The molecule has 0 aliphatic carbocycles. The Morgan fingerprint density at radius 3 is 2.59 bits per heavy atom. The van der Waals surface area contributed by atoms with Gasteiger partial charge in [-0.15, -0.1) is 11.3 Å². The maximum atomic E-state index is 12.4. The number of rotatable bonds is 6. The third-order valence-corrected chi connectivity index (χ3v) is 6.83. The van der Waals surface area contributed by atoms with Crippen LogP contribution < -0.4 is 5.32 Å². The summed E-state index contributed by atoms with van der Waals surface area (Å²) < 4.78 is 26.4. The van der Waals surface area contributed by atoms with Gasteiger partial charge in [0.1, 0.15) is 10.3 Å². The van der Waals surface area contributed by atoms with Gasteiger partial charge in [-0.25, -0.2) is 8.42 Å². The molecule has 9 heteroatoms. The van der Waals surface area contributed by atoms with Crippen molar-refractivity contribution in [1.82, 2.24) is 9.62 Å². The molecule has 7 nitrogen and oxygen atoms in total. The van der Waals surface area contributed by atoms with Gasteiger partial charge in [-0.05, 0) is 31.9 Å². The monoisotopic (exact) mass is 346 g/mol. The summed E-state index contributed by atoms with van der Waals surface area (Å²) in [6, 6.07) is 2.13. The number of amides is 1. The third kappa shape index (κ3) is 3.84. The first-order chi connectivity index (χ1) is 10.3. The molecular formula is C13H18N2O5S2. The summed E-state index contributed by atoms with van der Waals surface area (Å²) in [6.45, 7) is 2.44. The number of thiophene rings is 1. The van der Waals surface area contributed by atoms with Crippen LogP contribution in [-0.2, 0) is 26.0 Å². The van der Waals surface area contributed by atoms with Crippen LogP contribution in [0.5, 0.6) is 0 Å². The standard InChI is InChI=1S/C13H18N2O5S2/c1-9(13(17)18)14-11(16)8-10-4-5-12(21-10)22(19,20)15-6-2-3-7-15/h4-5,9H,2-3,6-8H2,1H3,(H,14,16)(H,17,18)/t9-/m0/s1. The number of carboxylic acid groups (broad SMARTS) is 1.